The predicted molar refractivity (Wildman–Crippen MR) is 79.8 cm³/mol. The first-order valence-electron chi connectivity index (χ1n) is 6.61. The van der Waals surface area contributed by atoms with Crippen LogP contribution in [0.15, 0.2) is 42.5 Å². The van der Waals surface area contributed by atoms with Crippen molar-refractivity contribution in [1.29, 1.82) is 0 Å². The van der Waals surface area contributed by atoms with Crippen molar-refractivity contribution in [1.82, 2.24) is 5.32 Å². The predicted octanol–water partition coefficient (Wildman–Crippen LogP) is 2.56. The Bertz CT molecular complexity index is 685. The molecule has 2 aromatic rings. The van der Waals surface area contributed by atoms with E-state index in [1.165, 1.54) is 0 Å². The van der Waals surface area contributed by atoms with Crippen molar-refractivity contribution in [2.75, 3.05) is 19.5 Å². The zero-order valence-corrected chi connectivity index (χ0v) is 11.8. The molecule has 21 heavy (non-hydrogen) atoms. The van der Waals surface area contributed by atoms with Crippen molar-refractivity contribution in [3.63, 3.8) is 0 Å². The minimum Gasteiger partial charge on any atom is -0.497 e. The summed E-state index contributed by atoms with van der Waals surface area (Å²) in [5.74, 6) is 1.29. The number of anilines is 1. The Balaban J connectivity index is 2.01. The van der Waals surface area contributed by atoms with Crippen LogP contribution in [0.25, 0.3) is 0 Å². The van der Waals surface area contributed by atoms with Gasteiger partial charge in [-0.1, -0.05) is 12.1 Å². The van der Waals surface area contributed by atoms with Gasteiger partial charge in [-0.3, -0.25) is 4.79 Å². The second-order valence-electron chi connectivity index (χ2n) is 4.70. The number of hydrogen-bond acceptors (Lipinski definition) is 4. The topological polar surface area (TPSA) is 59.6 Å². The fourth-order valence-electron chi connectivity index (χ4n) is 2.43. The third-order valence-corrected chi connectivity index (χ3v) is 3.49. The van der Waals surface area contributed by atoms with E-state index in [0.29, 0.717) is 17.1 Å². The van der Waals surface area contributed by atoms with Crippen LogP contribution in [0.5, 0.6) is 11.5 Å². The van der Waals surface area contributed by atoms with Crippen molar-refractivity contribution in [3.8, 4) is 11.5 Å². The maximum Gasteiger partial charge on any atom is 0.255 e. The van der Waals surface area contributed by atoms with Crippen molar-refractivity contribution in [2.45, 2.75) is 6.17 Å². The summed E-state index contributed by atoms with van der Waals surface area (Å²) in [7, 11) is 3.21. The van der Waals surface area contributed by atoms with Gasteiger partial charge in [0, 0.05) is 11.3 Å². The number of ether oxygens (including phenoxy) is 2. The van der Waals surface area contributed by atoms with Gasteiger partial charge in [0.15, 0.2) is 0 Å². The molecule has 0 fully saturated rings. The number of rotatable bonds is 3. The first kappa shape index (κ1) is 13.3. The molecular formula is C16H16N2O3. The molecule has 0 aliphatic carbocycles. The quantitative estimate of drug-likeness (QED) is 0.909. The second-order valence-corrected chi connectivity index (χ2v) is 4.70. The SMILES string of the molecule is COc1ccc(OC)c(C2NC(=O)c3ccccc3N2)c1. The summed E-state index contributed by atoms with van der Waals surface area (Å²) < 4.78 is 10.6. The summed E-state index contributed by atoms with van der Waals surface area (Å²) in [6.45, 7) is 0. The number of nitrogens with one attached hydrogen (secondary N) is 2. The normalized spacial score (nSPS) is 16.5. The molecule has 5 nitrogen and oxygen atoms in total. The van der Waals surface area contributed by atoms with Crippen LogP contribution in [0, 0.1) is 0 Å². The largest absolute Gasteiger partial charge is 0.497 e. The van der Waals surface area contributed by atoms with Crippen LogP contribution >= 0.6 is 0 Å². The third kappa shape index (κ3) is 2.38. The van der Waals surface area contributed by atoms with E-state index in [-0.39, 0.29) is 12.1 Å². The first-order valence-corrected chi connectivity index (χ1v) is 6.61. The number of benzene rings is 2. The fraction of sp³-hybridized carbons (Fsp3) is 0.188. The number of carbonyl (C=O) groups is 1. The van der Waals surface area contributed by atoms with E-state index in [9.17, 15) is 4.79 Å². The van der Waals surface area contributed by atoms with Crippen LogP contribution < -0.4 is 20.1 Å². The van der Waals surface area contributed by atoms with E-state index < -0.39 is 0 Å². The standard InChI is InChI=1S/C16H16N2O3/c1-20-10-7-8-14(21-2)12(9-10)15-17-13-6-4-3-5-11(13)16(19)18-15/h3-9,15,17H,1-2H3,(H,18,19). The fourth-order valence-corrected chi connectivity index (χ4v) is 2.43. The molecule has 2 N–H and O–H groups in total. The van der Waals surface area contributed by atoms with E-state index in [4.69, 9.17) is 9.47 Å². The van der Waals surface area contributed by atoms with Gasteiger partial charge in [0.1, 0.15) is 17.7 Å². The summed E-state index contributed by atoms with van der Waals surface area (Å²) >= 11 is 0. The second kappa shape index (κ2) is 5.36. The highest BCUT2D eigenvalue weighted by Crippen LogP contribution is 2.33. The first-order chi connectivity index (χ1) is 10.2. The number of fused-ring (bicyclic) bond motifs is 1. The molecule has 1 aliphatic heterocycles. The Hall–Kier alpha value is -2.69. The smallest absolute Gasteiger partial charge is 0.255 e. The average molecular weight is 284 g/mol. The summed E-state index contributed by atoms with van der Waals surface area (Å²) in [6, 6.07) is 12.9. The molecule has 0 saturated heterocycles. The van der Waals surface area contributed by atoms with Gasteiger partial charge in [0.2, 0.25) is 0 Å². The van der Waals surface area contributed by atoms with Crippen molar-refractivity contribution < 1.29 is 14.3 Å². The van der Waals surface area contributed by atoms with Gasteiger partial charge in [-0.15, -0.1) is 0 Å². The summed E-state index contributed by atoms with van der Waals surface area (Å²) in [6.07, 6.45) is -0.363. The highest BCUT2D eigenvalue weighted by Gasteiger charge is 2.26. The van der Waals surface area contributed by atoms with Gasteiger partial charge in [0.25, 0.3) is 5.91 Å². The van der Waals surface area contributed by atoms with E-state index in [2.05, 4.69) is 10.6 Å². The lowest BCUT2D eigenvalue weighted by atomic mass is 10.0. The van der Waals surface area contributed by atoms with Gasteiger partial charge in [-0.25, -0.2) is 0 Å². The lowest BCUT2D eigenvalue weighted by Gasteiger charge is -2.29. The number of carbonyl (C=O) groups excluding carboxylic acids is 1. The molecule has 108 valence electrons. The van der Waals surface area contributed by atoms with Gasteiger partial charge in [0.05, 0.1) is 19.8 Å². The molecule has 3 rings (SSSR count). The van der Waals surface area contributed by atoms with Crippen molar-refractivity contribution in [2.24, 2.45) is 0 Å². The Morgan fingerprint density at radius 2 is 1.81 bits per heavy atom. The molecule has 0 saturated carbocycles. The van der Waals surface area contributed by atoms with E-state index in [1.807, 2.05) is 36.4 Å². The molecule has 0 spiro atoms. The summed E-state index contributed by atoms with van der Waals surface area (Å²) in [4.78, 5) is 12.2. The van der Waals surface area contributed by atoms with Gasteiger partial charge in [-0.2, -0.15) is 0 Å². The van der Waals surface area contributed by atoms with Crippen LogP contribution in [-0.2, 0) is 0 Å². The van der Waals surface area contributed by atoms with Crippen LogP contribution in [0.2, 0.25) is 0 Å². The Kier molecular flexibility index (Phi) is 3.39. The molecule has 0 radical (unpaired) electrons. The average Bonchev–Trinajstić information content (AvgIpc) is 2.54. The van der Waals surface area contributed by atoms with Crippen LogP contribution in [-0.4, -0.2) is 20.1 Å². The molecule has 1 atom stereocenters. The zero-order valence-electron chi connectivity index (χ0n) is 11.8. The summed E-state index contributed by atoms with van der Waals surface area (Å²) in [5, 5.41) is 6.23. The highest BCUT2D eigenvalue weighted by molar-refractivity contribution is 6.01. The third-order valence-electron chi connectivity index (χ3n) is 3.49. The van der Waals surface area contributed by atoms with Crippen molar-refractivity contribution in [3.05, 3.63) is 53.6 Å². The lowest BCUT2D eigenvalue weighted by Crippen LogP contribution is -2.38. The Morgan fingerprint density at radius 1 is 1.00 bits per heavy atom. The lowest BCUT2D eigenvalue weighted by molar-refractivity contribution is 0.0935. The minimum absolute atomic E-state index is 0.112. The molecule has 1 heterocycles. The maximum absolute atomic E-state index is 12.2. The molecule has 5 heteroatoms. The van der Waals surface area contributed by atoms with Crippen molar-refractivity contribution >= 4 is 11.6 Å². The Morgan fingerprint density at radius 3 is 2.57 bits per heavy atom. The zero-order chi connectivity index (χ0) is 14.8. The highest BCUT2D eigenvalue weighted by atomic mass is 16.5. The van der Waals surface area contributed by atoms with Crippen LogP contribution in [0.3, 0.4) is 0 Å². The van der Waals surface area contributed by atoms with E-state index in [0.717, 1.165) is 11.3 Å². The molecular weight excluding hydrogens is 268 g/mol. The molecule has 0 aromatic heterocycles. The van der Waals surface area contributed by atoms with E-state index >= 15 is 0 Å². The molecule has 2 aromatic carbocycles. The molecule has 1 aliphatic rings. The molecule has 0 bridgehead atoms. The van der Waals surface area contributed by atoms with Crippen LogP contribution in [0.1, 0.15) is 22.1 Å². The maximum atomic E-state index is 12.2. The number of hydrogen-bond donors (Lipinski definition) is 2. The van der Waals surface area contributed by atoms with Gasteiger partial charge < -0.3 is 20.1 Å². The van der Waals surface area contributed by atoms with Gasteiger partial charge >= 0.3 is 0 Å². The molecule has 1 amide bonds. The molecule has 1 unspecified atom stereocenters. The Labute approximate surface area is 122 Å². The van der Waals surface area contributed by atoms with E-state index in [1.54, 1.807) is 20.3 Å². The number of amides is 1. The number of para-hydroxylation sites is 1. The van der Waals surface area contributed by atoms with Gasteiger partial charge in [-0.05, 0) is 30.3 Å². The minimum atomic E-state index is -0.363. The monoisotopic (exact) mass is 284 g/mol. The number of methoxy groups -OCH3 is 2. The van der Waals surface area contributed by atoms with Crippen LogP contribution in [0.4, 0.5) is 5.69 Å². The summed E-state index contributed by atoms with van der Waals surface area (Å²) in [5.41, 5.74) is 2.26.